The van der Waals surface area contributed by atoms with Crippen LogP contribution in [0.25, 0.3) is 21.7 Å². The number of carbonyl (C=O) groups is 1. The van der Waals surface area contributed by atoms with Gasteiger partial charge < -0.3 is 5.32 Å². The average molecular weight is 277 g/mol. The minimum absolute atomic E-state index is 0.0264. The third-order valence-corrected chi connectivity index (χ3v) is 4.50. The summed E-state index contributed by atoms with van der Waals surface area (Å²) in [7, 11) is 0. The highest BCUT2D eigenvalue weighted by molar-refractivity contribution is 7.17. The van der Waals surface area contributed by atoms with E-state index in [-0.39, 0.29) is 5.91 Å². The number of amides is 1. The first kappa shape index (κ1) is 11.4. The topological polar surface area (TPSA) is 29.1 Å². The summed E-state index contributed by atoms with van der Waals surface area (Å²) in [5.74, 6) is -0.0264. The molecule has 3 aromatic rings. The molecule has 1 aromatic heterocycles. The fourth-order valence-corrected chi connectivity index (χ4v) is 3.47. The molecular weight excluding hydrogens is 266 g/mol. The van der Waals surface area contributed by atoms with Gasteiger partial charge in [0.25, 0.3) is 5.91 Å². The molecule has 4 rings (SSSR count). The van der Waals surface area contributed by atoms with Crippen molar-refractivity contribution in [2.75, 3.05) is 5.32 Å². The van der Waals surface area contributed by atoms with Crippen LogP contribution in [0.1, 0.15) is 11.1 Å². The van der Waals surface area contributed by atoms with Crippen LogP contribution >= 0.6 is 11.3 Å². The third-order valence-electron chi connectivity index (χ3n) is 3.52. The molecule has 20 heavy (non-hydrogen) atoms. The minimum Gasteiger partial charge on any atom is -0.321 e. The number of benzene rings is 2. The van der Waals surface area contributed by atoms with Gasteiger partial charge in [-0.1, -0.05) is 36.4 Å². The highest BCUT2D eigenvalue weighted by Crippen LogP contribution is 2.35. The van der Waals surface area contributed by atoms with Crippen LogP contribution in [0, 0.1) is 0 Å². The summed E-state index contributed by atoms with van der Waals surface area (Å²) in [5, 5.41) is 6.20. The molecule has 1 N–H and O–H groups in total. The van der Waals surface area contributed by atoms with Crippen molar-refractivity contribution in [1.82, 2.24) is 0 Å². The summed E-state index contributed by atoms with van der Waals surface area (Å²) >= 11 is 1.70. The van der Waals surface area contributed by atoms with E-state index in [0.29, 0.717) is 0 Å². The number of hydrogen-bond acceptors (Lipinski definition) is 2. The molecule has 0 unspecified atom stereocenters. The van der Waals surface area contributed by atoms with Gasteiger partial charge >= 0.3 is 0 Å². The van der Waals surface area contributed by atoms with Crippen LogP contribution in [-0.4, -0.2) is 5.91 Å². The number of carbonyl (C=O) groups excluding carboxylic acids is 1. The average Bonchev–Trinajstić information content (AvgIpc) is 3.02. The fraction of sp³-hybridized carbons (Fsp3) is 0. The molecule has 0 saturated heterocycles. The number of rotatable bonds is 1. The Hall–Kier alpha value is -2.39. The second-order valence-electron chi connectivity index (χ2n) is 4.74. The van der Waals surface area contributed by atoms with Crippen molar-refractivity contribution in [3.8, 4) is 0 Å². The van der Waals surface area contributed by atoms with Gasteiger partial charge in [-0.25, -0.2) is 0 Å². The molecule has 2 heterocycles. The van der Waals surface area contributed by atoms with E-state index in [1.54, 1.807) is 11.3 Å². The van der Waals surface area contributed by atoms with Gasteiger partial charge in [-0.15, -0.1) is 11.3 Å². The Bertz CT molecular complexity index is 860. The van der Waals surface area contributed by atoms with Crippen LogP contribution in [0.3, 0.4) is 0 Å². The molecule has 0 fully saturated rings. The summed E-state index contributed by atoms with van der Waals surface area (Å²) in [6.45, 7) is 0. The summed E-state index contributed by atoms with van der Waals surface area (Å²) in [4.78, 5) is 12.1. The van der Waals surface area contributed by atoms with E-state index in [1.807, 2.05) is 42.5 Å². The van der Waals surface area contributed by atoms with E-state index in [9.17, 15) is 4.79 Å². The van der Waals surface area contributed by atoms with Crippen molar-refractivity contribution in [1.29, 1.82) is 0 Å². The molecule has 1 aliphatic rings. The van der Waals surface area contributed by atoms with Gasteiger partial charge in [0.15, 0.2) is 0 Å². The van der Waals surface area contributed by atoms with Crippen LogP contribution in [0.4, 0.5) is 5.69 Å². The van der Waals surface area contributed by atoms with Crippen LogP contribution in [-0.2, 0) is 4.79 Å². The normalized spacial score (nSPS) is 15.6. The van der Waals surface area contributed by atoms with Crippen molar-refractivity contribution in [2.24, 2.45) is 0 Å². The maximum absolute atomic E-state index is 12.1. The Labute approximate surface area is 120 Å². The molecule has 0 atom stereocenters. The van der Waals surface area contributed by atoms with Gasteiger partial charge in [0, 0.05) is 21.5 Å². The van der Waals surface area contributed by atoms with E-state index in [2.05, 4.69) is 22.8 Å². The van der Waals surface area contributed by atoms with Crippen LogP contribution < -0.4 is 5.32 Å². The molecule has 2 nitrogen and oxygen atoms in total. The van der Waals surface area contributed by atoms with Gasteiger partial charge in [-0.05, 0) is 34.5 Å². The van der Waals surface area contributed by atoms with Gasteiger partial charge in [0.2, 0.25) is 0 Å². The highest BCUT2D eigenvalue weighted by atomic mass is 32.1. The van der Waals surface area contributed by atoms with Crippen LogP contribution in [0.5, 0.6) is 0 Å². The molecule has 96 valence electrons. The van der Waals surface area contributed by atoms with Gasteiger partial charge in [0.1, 0.15) is 0 Å². The number of thiophene rings is 1. The maximum atomic E-state index is 12.1. The Morgan fingerprint density at radius 2 is 1.80 bits per heavy atom. The third kappa shape index (κ3) is 1.67. The largest absolute Gasteiger partial charge is 0.321 e. The van der Waals surface area contributed by atoms with Crippen molar-refractivity contribution in [2.45, 2.75) is 0 Å². The van der Waals surface area contributed by atoms with Crippen molar-refractivity contribution in [3.63, 3.8) is 0 Å². The fourth-order valence-electron chi connectivity index (χ4n) is 2.55. The Morgan fingerprint density at radius 3 is 2.75 bits per heavy atom. The van der Waals surface area contributed by atoms with E-state index in [4.69, 9.17) is 0 Å². The molecule has 0 aliphatic carbocycles. The molecule has 1 aliphatic heterocycles. The number of nitrogens with one attached hydrogen (secondary N) is 1. The Kier molecular flexibility index (Phi) is 2.47. The smallest absolute Gasteiger partial charge is 0.256 e. The molecule has 1 amide bonds. The van der Waals surface area contributed by atoms with Gasteiger partial charge in [-0.2, -0.15) is 0 Å². The van der Waals surface area contributed by atoms with E-state index in [1.165, 1.54) is 10.1 Å². The summed E-state index contributed by atoms with van der Waals surface area (Å²) in [6, 6.07) is 16.1. The van der Waals surface area contributed by atoms with E-state index in [0.717, 1.165) is 22.4 Å². The summed E-state index contributed by atoms with van der Waals surface area (Å²) in [6.07, 6.45) is 1.99. The van der Waals surface area contributed by atoms with Crippen LogP contribution in [0.15, 0.2) is 53.9 Å². The first-order valence-corrected chi connectivity index (χ1v) is 7.29. The lowest BCUT2D eigenvalue weighted by atomic mass is 10.0. The number of anilines is 1. The van der Waals surface area contributed by atoms with Crippen LogP contribution in [0.2, 0.25) is 0 Å². The first-order valence-electron chi connectivity index (χ1n) is 6.41. The standard InChI is InChI=1S/C17H11NOS/c19-17-14(13-6-1-3-7-15(13)18-17)9-11-10-20-16-8-4-2-5-12(11)16/h1-10H,(H,18,19). The molecule has 0 spiro atoms. The molecule has 3 heteroatoms. The second kappa shape index (κ2) is 4.32. The number of fused-ring (bicyclic) bond motifs is 2. The Balaban J connectivity index is 1.90. The molecule has 0 saturated carbocycles. The van der Waals surface area contributed by atoms with E-state index >= 15 is 0 Å². The van der Waals surface area contributed by atoms with Crippen molar-refractivity contribution in [3.05, 3.63) is 65.0 Å². The SMILES string of the molecule is O=C1Nc2ccccc2C1=Cc1csc2ccccc12. The predicted octanol–water partition coefficient (Wildman–Crippen LogP) is 4.39. The first-order chi connectivity index (χ1) is 9.83. The lowest BCUT2D eigenvalue weighted by Gasteiger charge is -1.97. The van der Waals surface area contributed by atoms with Gasteiger partial charge in [-0.3, -0.25) is 4.79 Å². The number of hydrogen-bond donors (Lipinski definition) is 1. The number of para-hydroxylation sites is 1. The lowest BCUT2D eigenvalue weighted by Crippen LogP contribution is -2.03. The summed E-state index contributed by atoms with van der Waals surface area (Å²) < 4.78 is 1.24. The zero-order valence-corrected chi connectivity index (χ0v) is 11.4. The van der Waals surface area contributed by atoms with E-state index < -0.39 is 0 Å². The van der Waals surface area contributed by atoms with Crippen molar-refractivity contribution >= 4 is 44.7 Å². The molecule has 0 radical (unpaired) electrons. The van der Waals surface area contributed by atoms with Gasteiger partial charge in [0.05, 0.1) is 0 Å². The monoisotopic (exact) mass is 277 g/mol. The Morgan fingerprint density at radius 1 is 1.00 bits per heavy atom. The predicted molar refractivity (Wildman–Crippen MR) is 84.8 cm³/mol. The molecular formula is C17H11NOS. The zero-order valence-electron chi connectivity index (χ0n) is 10.6. The highest BCUT2D eigenvalue weighted by Gasteiger charge is 2.23. The zero-order chi connectivity index (χ0) is 13.5. The van der Waals surface area contributed by atoms with Crippen molar-refractivity contribution < 1.29 is 4.79 Å². The summed E-state index contributed by atoms with van der Waals surface area (Å²) in [5.41, 5.74) is 3.72. The lowest BCUT2D eigenvalue weighted by molar-refractivity contribution is -0.110. The molecule has 2 aromatic carbocycles. The quantitative estimate of drug-likeness (QED) is 0.656. The maximum Gasteiger partial charge on any atom is 0.256 e. The second-order valence-corrected chi connectivity index (χ2v) is 5.66. The molecule has 0 bridgehead atoms. The minimum atomic E-state index is -0.0264.